The zero-order chi connectivity index (χ0) is 16.2. The SMILES string of the molecule is O=C(O)O[C@@H]1C=C(c2ccccc2C(=O)c2ccccc2)OC1. The van der Waals surface area contributed by atoms with Gasteiger partial charge in [-0.25, -0.2) is 4.79 Å². The van der Waals surface area contributed by atoms with Crippen molar-refractivity contribution in [1.82, 2.24) is 0 Å². The molecule has 1 heterocycles. The third-order valence-corrected chi connectivity index (χ3v) is 3.47. The summed E-state index contributed by atoms with van der Waals surface area (Å²) >= 11 is 0. The number of carbonyl (C=O) groups excluding carboxylic acids is 1. The van der Waals surface area contributed by atoms with E-state index in [1.807, 2.05) is 6.07 Å². The molecule has 1 aliphatic heterocycles. The van der Waals surface area contributed by atoms with Gasteiger partial charge in [-0.1, -0.05) is 54.6 Å². The minimum absolute atomic E-state index is 0.107. The minimum atomic E-state index is -1.36. The van der Waals surface area contributed by atoms with E-state index in [9.17, 15) is 9.59 Å². The Morgan fingerprint density at radius 3 is 2.48 bits per heavy atom. The molecule has 0 spiro atoms. The summed E-state index contributed by atoms with van der Waals surface area (Å²) < 4.78 is 10.2. The molecule has 1 atom stereocenters. The van der Waals surface area contributed by atoms with Gasteiger partial charge in [0.1, 0.15) is 12.4 Å². The highest BCUT2D eigenvalue weighted by Gasteiger charge is 2.24. The summed E-state index contributed by atoms with van der Waals surface area (Å²) in [7, 11) is 0. The first-order valence-corrected chi connectivity index (χ1v) is 7.08. The van der Waals surface area contributed by atoms with Gasteiger partial charge in [0, 0.05) is 22.8 Å². The lowest BCUT2D eigenvalue weighted by molar-refractivity contribution is 0.0547. The molecule has 1 aliphatic rings. The molecule has 0 saturated heterocycles. The number of ketones is 1. The van der Waals surface area contributed by atoms with Crippen LogP contribution in [0.3, 0.4) is 0 Å². The van der Waals surface area contributed by atoms with Gasteiger partial charge in [0.2, 0.25) is 0 Å². The van der Waals surface area contributed by atoms with Crippen molar-refractivity contribution in [3.05, 3.63) is 77.4 Å². The number of hydrogen-bond donors (Lipinski definition) is 1. The molecule has 0 aliphatic carbocycles. The molecule has 0 radical (unpaired) electrons. The van der Waals surface area contributed by atoms with Crippen LogP contribution in [0.15, 0.2) is 60.7 Å². The third-order valence-electron chi connectivity index (χ3n) is 3.47. The van der Waals surface area contributed by atoms with E-state index in [1.165, 1.54) is 0 Å². The molecule has 0 aromatic heterocycles. The van der Waals surface area contributed by atoms with Crippen molar-refractivity contribution in [1.29, 1.82) is 0 Å². The summed E-state index contributed by atoms with van der Waals surface area (Å²) in [5.41, 5.74) is 1.70. The van der Waals surface area contributed by atoms with E-state index in [0.29, 0.717) is 22.4 Å². The number of hydrogen-bond acceptors (Lipinski definition) is 4. The van der Waals surface area contributed by atoms with Gasteiger partial charge in [-0.15, -0.1) is 0 Å². The Morgan fingerprint density at radius 1 is 1.04 bits per heavy atom. The van der Waals surface area contributed by atoms with Crippen molar-refractivity contribution in [3.8, 4) is 0 Å². The first kappa shape index (κ1) is 14.8. The quantitative estimate of drug-likeness (QED) is 0.692. The molecule has 0 fully saturated rings. The fourth-order valence-electron chi connectivity index (χ4n) is 2.44. The third kappa shape index (κ3) is 3.23. The summed E-state index contributed by atoms with van der Waals surface area (Å²) in [5.74, 6) is 0.337. The zero-order valence-corrected chi connectivity index (χ0v) is 12.1. The summed E-state index contributed by atoms with van der Waals surface area (Å²) in [6, 6.07) is 16.0. The van der Waals surface area contributed by atoms with E-state index in [4.69, 9.17) is 9.84 Å². The molecule has 2 aromatic rings. The van der Waals surface area contributed by atoms with Crippen LogP contribution in [0.1, 0.15) is 21.5 Å². The van der Waals surface area contributed by atoms with Crippen molar-refractivity contribution >= 4 is 17.7 Å². The van der Waals surface area contributed by atoms with Crippen molar-refractivity contribution in [2.24, 2.45) is 0 Å². The highest BCUT2D eigenvalue weighted by molar-refractivity contribution is 6.11. The van der Waals surface area contributed by atoms with E-state index in [1.54, 1.807) is 54.6 Å². The molecule has 116 valence electrons. The fourth-order valence-corrected chi connectivity index (χ4v) is 2.44. The number of benzene rings is 2. The van der Waals surface area contributed by atoms with Crippen LogP contribution in [-0.2, 0) is 9.47 Å². The van der Waals surface area contributed by atoms with Gasteiger partial charge in [-0.2, -0.15) is 0 Å². The fraction of sp³-hybridized carbons (Fsp3) is 0.111. The van der Waals surface area contributed by atoms with Gasteiger partial charge < -0.3 is 14.6 Å². The van der Waals surface area contributed by atoms with Crippen LogP contribution < -0.4 is 0 Å². The largest absolute Gasteiger partial charge is 0.506 e. The highest BCUT2D eigenvalue weighted by Crippen LogP contribution is 2.27. The lowest BCUT2D eigenvalue weighted by Crippen LogP contribution is -2.15. The van der Waals surface area contributed by atoms with E-state index in [2.05, 4.69) is 4.74 Å². The van der Waals surface area contributed by atoms with E-state index in [-0.39, 0.29) is 12.4 Å². The van der Waals surface area contributed by atoms with Crippen LogP contribution in [0.5, 0.6) is 0 Å². The van der Waals surface area contributed by atoms with Gasteiger partial charge in [-0.3, -0.25) is 4.79 Å². The van der Waals surface area contributed by atoms with Crippen LogP contribution in [0.2, 0.25) is 0 Å². The predicted octanol–water partition coefficient (Wildman–Crippen LogP) is 3.35. The van der Waals surface area contributed by atoms with Gasteiger partial charge in [0.25, 0.3) is 0 Å². The average molecular weight is 310 g/mol. The summed E-state index contributed by atoms with van der Waals surface area (Å²) in [6.07, 6.45) is -0.447. The minimum Gasteiger partial charge on any atom is -0.489 e. The molecular formula is C18H14O5. The first-order chi connectivity index (χ1) is 11.1. The van der Waals surface area contributed by atoms with E-state index in [0.717, 1.165) is 0 Å². The molecule has 0 bridgehead atoms. The summed E-state index contributed by atoms with van der Waals surface area (Å²) in [6.45, 7) is 0.107. The molecular weight excluding hydrogens is 296 g/mol. The molecule has 23 heavy (non-hydrogen) atoms. The summed E-state index contributed by atoms with van der Waals surface area (Å²) in [4.78, 5) is 23.3. The Labute approximate surface area is 132 Å². The lowest BCUT2D eigenvalue weighted by Gasteiger charge is -2.09. The van der Waals surface area contributed by atoms with Crippen LogP contribution in [0.4, 0.5) is 4.79 Å². The second kappa shape index (κ2) is 6.36. The van der Waals surface area contributed by atoms with Crippen molar-refractivity contribution < 1.29 is 24.2 Å². The zero-order valence-electron chi connectivity index (χ0n) is 12.1. The topological polar surface area (TPSA) is 72.8 Å². The number of ether oxygens (including phenoxy) is 2. The normalized spacial score (nSPS) is 16.3. The van der Waals surface area contributed by atoms with Gasteiger partial charge in [0.05, 0.1) is 0 Å². The van der Waals surface area contributed by atoms with Crippen molar-refractivity contribution in [2.45, 2.75) is 6.10 Å². The van der Waals surface area contributed by atoms with Crippen LogP contribution in [0, 0.1) is 0 Å². The average Bonchev–Trinajstić information content (AvgIpc) is 3.02. The van der Waals surface area contributed by atoms with E-state index < -0.39 is 12.3 Å². The summed E-state index contributed by atoms with van der Waals surface area (Å²) in [5, 5.41) is 8.66. The smallest absolute Gasteiger partial charge is 0.489 e. The van der Waals surface area contributed by atoms with Gasteiger partial charge in [-0.05, 0) is 0 Å². The predicted molar refractivity (Wildman–Crippen MR) is 83.1 cm³/mol. The van der Waals surface area contributed by atoms with Crippen molar-refractivity contribution in [3.63, 3.8) is 0 Å². The van der Waals surface area contributed by atoms with Crippen LogP contribution >= 0.6 is 0 Å². The monoisotopic (exact) mass is 310 g/mol. The second-order valence-electron chi connectivity index (χ2n) is 5.00. The molecule has 2 aromatic carbocycles. The van der Waals surface area contributed by atoms with Crippen molar-refractivity contribution in [2.75, 3.05) is 6.61 Å². The highest BCUT2D eigenvalue weighted by atomic mass is 16.7. The molecule has 3 rings (SSSR count). The van der Waals surface area contributed by atoms with E-state index >= 15 is 0 Å². The Balaban J connectivity index is 1.93. The molecule has 1 N–H and O–H groups in total. The lowest BCUT2D eigenvalue weighted by atomic mass is 9.97. The van der Waals surface area contributed by atoms with Crippen LogP contribution in [0.25, 0.3) is 5.76 Å². The number of carbonyl (C=O) groups is 2. The molecule has 0 unspecified atom stereocenters. The molecule has 5 nitrogen and oxygen atoms in total. The number of rotatable bonds is 4. The second-order valence-corrected chi connectivity index (χ2v) is 5.00. The maximum atomic E-state index is 12.7. The first-order valence-electron chi connectivity index (χ1n) is 7.08. The van der Waals surface area contributed by atoms with Gasteiger partial charge in [0.15, 0.2) is 11.9 Å². The Bertz CT molecular complexity index is 764. The Morgan fingerprint density at radius 2 is 1.74 bits per heavy atom. The maximum Gasteiger partial charge on any atom is 0.506 e. The van der Waals surface area contributed by atoms with Gasteiger partial charge >= 0.3 is 6.16 Å². The standard InChI is InChI=1S/C18H14O5/c19-17(12-6-2-1-3-7-12)15-9-5-4-8-14(15)16-10-13(11-22-16)23-18(20)21/h1-10,13H,11H2,(H,20,21)/t13-/m1/s1. The molecule has 5 heteroatoms. The molecule has 0 amide bonds. The van der Waals surface area contributed by atoms with Crippen LogP contribution in [-0.4, -0.2) is 29.8 Å². The number of carboxylic acid groups (broad SMARTS) is 1. The maximum absolute atomic E-state index is 12.7. The molecule has 0 saturated carbocycles. The Kier molecular flexibility index (Phi) is 4.10. The Hall–Kier alpha value is -3.08.